The van der Waals surface area contributed by atoms with Gasteiger partial charge in [-0.15, -0.1) is 0 Å². The van der Waals surface area contributed by atoms with Gasteiger partial charge in [0, 0.05) is 52.8 Å². The molecule has 1 saturated carbocycles. The zero-order valence-electron chi connectivity index (χ0n) is 20.8. The lowest BCUT2D eigenvalue weighted by Gasteiger charge is -2.11. The second-order valence-corrected chi connectivity index (χ2v) is 10.4. The van der Waals surface area contributed by atoms with Crippen LogP contribution in [0.3, 0.4) is 0 Å². The lowest BCUT2D eigenvalue weighted by atomic mass is 10.1. The van der Waals surface area contributed by atoms with Gasteiger partial charge in [0.25, 0.3) is 0 Å². The van der Waals surface area contributed by atoms with Crippen molar-refractivity contribution in [3.63, 3.8) is 0 Å². The van der Waals surface area contributed by atoms with E-state index in [1.807, 2.05) is 48.5 Å². The number of aryl methyl sites for hydroxylation is 1. The lowest BCUT2D eigenvalue weighted by molar-refractivity contribution is 0.0976. The molecular formula is C30H26ClN5O2. The van der Waals surface area contributed by atoms with Crippen LogP contribution in [-0.2, 0) is 13.1 Å². The minimum atomic E-state index is -0.183. The highest BCUT2D eigenvalue weighted by molar-refractivity contribution is 6.31. The first-order chi connectivity index (χ1) is 18.5. The number of halogens is 1. The van der Waals surface area contributed by atoms with Gasteiger partial charge in [-0.3, -0.25) is 18.9 Å². The van der Waals surface area contributed by atoms with E-state index in [-0.39, 0.29) is 11.5 Å². The third kappa shape index (κ3) is 4.52. The molecular weight excluding hydrogens is 498 g/mol. The zero-order valence-corrected chi connectivity index (χ0v) is 21.6. The van der Waals surface area contributed by atoms with Crippen LogP contribution in [0.25, 0.3) is 27.6 Å². The summed E-state index contributed by atoms with van der Waals surface area (Å²) in [5, 5.41) is 10.7. The summed E-state index contributed by atoms with van der Waals surface area (Å²) in [6.07, 6.45) is 7.41. The van der Waals surface area contributed by atoms with Crippen molar-refractivity contribution in [3.8, 4) is 11.8 Å². The summed E-state index contributed by atoms with van der Waals surface area (Å²) >= 11 is 6.26. The van der Waals surface area contributed by atoms with E-state index in [1.54, 1.807) is 21.5 Å². The predicted octanol–water partition coefficient (Wildman–Crippen LogP) is 6.13. The Kier molecular flexibility index (Phi) is 6.34. The molecule has 3 heterocycles. The summed E-state index contributed by atoms with van der Waals surface area (Å²) in [5.74, 6) is 0.684. The van der Waals surface area contributed by atoms with Gasteiger partial charge >= 0.3 is 5.69 Å². The number of pyridine rings is 1. The minimum absolute atomic E-state index is 0.155. The van der Waals surface area contributed by atoms with Crippen LogP contribution in [0.15, 0.2) is 71.8 Å². The fourth-order valence-electron chi connectivity index (χ4n) is 5.18. The second-order valence-electron chi connectivity index (χ2n) is 9.94. The van der Waals surface area contributed by atoms with E-state index in [2.05, 4.69) is 21.7 Å². The first-order valence-corrected chi connectivity index (χ1v) is 13.2. The first kappa shape index (κ1) is 24.2. The molecule has 8 heteroatoms. The SMILES string of the molecule is N#CCCCn1c(Cn2c(=O)n(-c3ccc(C(=O)CC4CC4)cc3)c3ccncc32)cc2cc(Cl)ccc21. The van der Waals surface area contributed by atoms with Gasteiger partial charge in [-0.25, -0.2) is 4.79 Å². The number of Topliss-reactive ketones (excluding diaryl/α,β-unsaturated/α-hetero) is 1. The number of ketones is 1. The lowest BCUT2D eigenvalue weighted by Crippen LogP contribution is -2.24. The number of nitriles is 1. The largest absolute Gasteiger partial charge is 0.343 e. The van der Waals surface area contributed by atoms with Crippen molar-refractivity contribution in [1.82, 2.24) is 18.7 Å². The van der Waals surface area contributed by atoms with Gasteiger partial charge in [0.2, 0.25) is 0 Å². The fraction of sp³-hybridized carbons (Fsp3) is 0.267. The molecule has 190 valence electrons. The normalized spacial score (nSPS) is 13.3. The number of hydrogen-bond acceptors (Lipinski definition) is 4. The topological polar surface area (TPSA) is 85.6 Å². The third-order valence-corrected chi connectivity index (χ3v) is 7.52. The third-order valence-electron chi connectivity index (χ3n) is 7.29. The van der Waals surface area contributed by atoms with Crippen molar-refractivity contribution in [2.75, 3.05) is 0 Å². The van der Waals surface area contributed by atoms with Gasteiger partial charge < -0.3 is 4.57 Å². The molecule has 0 unspecified atom stereocenters. The number of rotatable bonds is 9. The Morgan fingerprint density at radius 3 is 2.61 bits per heavy atom. The fourth-order valence-corrected chi connectivity index (χ4v) is 5.36. The molecule has 7 nitrogen and oxygen atoms in total. The van der Waals surface area contributed by atoms with E-state index in [0.29, 0.717) is 54.5 Å². The quantitative estimate of drug-likeness (QED) is 0.172. The molecule has 3 aromatic heterocycles. The summed E-state index contributed by atoms with van der Waals surface area (Å²) < 4.78 is 5.56. The molecule has 0 N–H and O–H groups in total. The van der Waals surface area contributed by atoms with Crippen LogP contribution < -0.4 is 5.69 Å². The zero-order chi connectivity index (χ0) is 26.2. The van der Waals surface area contributed by atoms with E-state index in [1.165, 1.54) is 0 Å². The maximum atomic E-state index is 13.9. The molecule has 5 aromatic rings. The highest BCUT2D eigenvalue weighted by Crippen LogP contribution is 2.33. The number of nitrogens with zero attached hydrogens (tertiary/aromatic N) is 5. The van der Waals surface area contributed by atoms with E-state index < -0.39 is 0 Å². The molecule has 38 heavy (non-hydrogen) atoms. The molecule has 0 bridgehead atoms. The number of carbonyl (C=O) groups excluding carboxylic acids is 1. The van der Waals surface area contributed by atoms with Gasteiger partial charge in [0.15, 0.2) is 5.78 Å². The first-order valence-electron chi connectivity index (χ1n) is 12.9. The molecule has 0 spiro atoms. The van der Waals surface area contributed by atoms with Crippen LogP contribution >= 0.6 is 11.6 Å². The predicted molar refractivity (Wildman–Crippen MR) is 148 cm³/mol. The number of carbonyl (C=O) groups is 1. The molecule has 0 radical (unpaired) electrons. The molecule has 0 aliphatic heterocycles. The van der Waals surface area contributed by atoms with Crippen LogP contribution in [-0.4, -0.2) is 24.5 Å². The number of fused-ring (bicyclic) bond motifs is 2. The van der Waals surface area contributed by atoms with Crippen molar-refractivity contribution in [3.05, 3.63) is 93.8 Å². The molecule has 1 fully saturated rings. The minimum Gasteiger partial charge on any atom is -0.343 e. The van der Waals surface area contributed by atoms with Crippen molar-refractivity contribution >= 4 is 39.3 Å². The van der Waals surface area contributed by atoms with Crippen LogP contribution in [0.2, 0.25) is 5.02 Å². The number of hydrogen-bond donors (Lipinski definition) is 0. The smallest absolute Gasteiger partial charge is 0.334 e. The standard InChI is InChI=1S/C30H26ClN5O2/c31-23-7-10-26-22(16-23)17-25(34(26)14-2-1-12-32)19-35-28-18-33-13-11-27(28)36(30(35)38)24-8-5-21(6-9-24)29(37)15-20-3-4-20/h5-11,13,16-18,20H,1-4,14-15,19H2. The number of unbranched alkanes of at least 4 members (excludes halogenated alkanes) is 1. The van der Waals surface area contributed by atoms with E-state index >= 15 is 0 Å². The van der Waals surface area contributed by atoms with Crippen LogP contribution in [0.5, 0.6) is 0 Å². The van der Waals surface area contributed by atoms with Gasteiger partial charge in [0.1, 0.15) is 0 Å². The number of benzene rings is 2. The van der Waals surface area contributed by atoms with Crippen molar-refractivity contribution in [1.29, 1.82) is 5.26 Å². The van der Waals surface area contributed by atoms with Crippen LogP contribution in [0.1, 0.15) is 48.2 Å². The van der Waals surface area contributed by atoms with Gasteiger partial charge in [-0.2, -0.15) is 5.26 Å². The summed E-state index contributed by atoms with van der Waals surface area (Å²) in [6.45, 7) is 1.00. The Balaban J connectivity index is 1.41. The van der Waals surface area contributed by atoms with Crippen molar-refractivity contribution in [2.24, 2.45) is 5.92 Å². The Labute approximate surface area is 224 Å². The molecule has 0 atom stereocenters. The van der Waals surface area contributed by atoms with Gasteiger partial charge in [-0.1, -0.05) is 11.6 Å². The van der Waals surface area contributed by atoms with Crippen molar-refractivity contribution < 1.29 is 4.79 Å². The van der Waals surface area contributed by atoms with Gasteiger partial charge in [0.05, 0.1) is 35.5 Å². The van der Waals surface area contributed by atoms with E-state index in [0.717, 1.165) is 40.5 Å². The Hall–Kier alpha value is -4.15. The van der Waals surface area contributed by atoms with E-state index in [4.69, 9.17) is 16.9 Å². The second kappa shape index (κ2) is 9.96. The molecule has 0 saturated heterocycles. The maximum Gasteiger partial charge on any atom is 0.334 e. The van der Waals surface area contributed by atoms with Crippen LogP contribution in [0, 0.1) is 17.2 Å². The summed E-state index contributed by atoms with van der Waals surface area (Å²) in [6, 6.07) is 19.2. The summed E-state index contributed by atoms with van der Waals surface area (Å²) in [5.41, 5.74) is 4.64. The summed E-state index contributed by atoms with van der Waals surface area (Å²) in [7, 11) is 0. The number of aromatic nitrogens is 4. The van der Waals surface area contributed by atoms with Crippen molar-refractivity contribution in [2.45, 2.75) is 45.2 Å². The Morgan fingerprint density at radius 1 is 1.03 bits per heavy atom. The number of imidazole rings is 1. The highest BCUT2D eigenvalue weighted by atomic mass is 35.5. The Bertz CT molecular complexity index is 1770. The highest BCUT2D eigenvalue weighted by Gasteiger charge is 2.25. The molecule has 0 amide bonds. The Morgan fingerprint density at radius 2 is 1.84 bits per heavy atom. The van der Waals surface area contributed by atoms with Gasteiger partial charge in [-0.05, 0) is 79.8 Å². The molecule has 2 aromatic carbocycles. The van der Waals surface area contributed by atoms with E-state index in [9.17, 15) is 9.59 Å². The average Bonchev–Trinajstić information content (AvgIpc) is 3.61. The summed E-state index contributed by atoms with van der Waals surface area (Å²) in [4.78, 5) is 30.7. The molecule has 6 rings (SSSR count). The average molecular weight is 524 g/mol. The molecule has 1 aliphatic carbocycles. The maximum absolute atomic E-state index is 13.9. The molecule has 1 aliphatic rings. The van der Waals surface area contributed by atoms with Crippen LogP contribution in [0.4, 0.5) is 0 Å². The monoisotopic (exact) mass is 523 g/mol.